The van der Waals surface area contributed by atoms with Crippen LogP contribution in [0.1, 0.15) is 25.7 Å². The molecule has 0 amide bonds. The lowest BCUT2D eigenvalue weighted by molar-refractivity contribution is 0.211. The molecule has 0 heterocycles. The molecule has 0 radical (unpaired) electrons. The van der Waals surface area contributed by atoms with Gasteiger partial charge in [0.15, 0.2) is 0 Å². The van der Waals surface area contributed by atoms with E-state index in [1.54, 1.807) is 0 Å². The predicted octanol–water partition coefficient (Wildman–Crippen LogP) is 1.74. The molecular weight excluding hydrogens is 122 g/mol. The average Bonchev–Trinajstić information content (AvgIpc) is 2.44. The van der Waals surface area contributed by atoms with Gasteiger partial charge in [-0.3, -0.25) is 0 Å². The van der Waals surface area contributed by atoms with Gasteiger partial charge in [0.2, 0.25) is 0 Å². The van der Waals surface area contributed by atoms with Gasteiger partial charge in [-0.15, -0.1) is 0 Å². The third-order valence-electron chi connectivity index (χ3n) is 3.36. The maximum Gasteiger partial charge on any atom is 0.0120 e. The van der Waals surface area contributed by atoms with E-state index in [9.17, 15) is 0 Å². The highest BCUT2D eigenvalue weighted by Gasteiger charge is 2.40. The minimum absolute atomic E-state index is 0.929. The van der Waals surface area contributed by atoms with Crippen molar-refractivity contribution in [1.29, 1.82) is 0 Å². The summed E-state index contributed by atoms with van der Waals surface area (Å²) in [7, 11) is 4.46. The van der Waals surface area contributed by atoms with Gasteiger partial charge in [0, 0.05) is 6.04 Å². The molecule has 2 rings (SSSR count). The molecule has 0 aromatic rings. The van der Waals surface area contributed by atoms with Crippen molar-refractivity contribution in [2.75, 3.05) is 14.1 Å². The van der Waals surface area contributed by atoms with E-state index in [-0.39, 0.29) is 0 Å². The van der Waals surface area contributed by atoms with Crippen molar-refractivity contribution in [2.45, 2.75) is 31.7 Å². The minimum atomic E-state index is 0.929. The molecule has 0 aliphatic heterocycles. The standard InChI is InChI=1S/C9H17N/c1-10(2)9-6-7-3-4-8(9)5-7/h7-9H,3-6H2,1-2H3. The lowest BCUT2D eigenvalue weighted by atomic mass is 9.95. The van der Waals surface area contributed by atoms with Crippen LogP contribution in [0.5, 0.6) is 0 Å². The van der Waals surface area contributed by atoms with Crippen LogP contribution in [0.3, 0.4) is 0 Å². The topological polar surface area (TPSA) is 3.24 Å². The number of hydrogen-bond acceptors (Lipinski definition) is 1. The van der Waals surface area contributed by atoms with Gasteiger partial charge < -0.3 is 4.90 Å². The summed E-state index contributed by atoms with van der Waals surface area (Å²) in [5.41, 5.74) is 0. The van der Waals surface area contributed by atoms with Gasteiger partial charge in [-0.05, 0) is 45.2 Å². The van der Waals surface area contributed by atoms with E-state index in [2.05, 4.69) is 19.0 Å². The molecule has 2 fully saturated rings. The van der Waals surface area contributed by atoms with Crippen LogP contribution in [0.2, 0.25) is 0 Å². The van der Waals surface area contributed by atoms with E-state index >= 15 is 0 Å². The largest absolute Gasteiger partial charge is 0.306 e. The van der Waals surface area contributed by atoms with Gasteiger partial charge in [-0.25, -0.2) is 0 Å². The van der Waals surface area contributed by atoms with E-state index in [4.69, 9.17) is 0 Å². The second-order valence-electron chi connectivity index (χ2n) is 4.21. The van der Waals surface area contributed by atoms with E-state index < -0.39 is 0 Å². The Morgan fingerprint density at radius 1 is 1.10 bits per heavy atom. The predicted molar refractivity (Wildman–Crippen MR) is 42.9 cm³/mol. The van der Waals surface area contributed by atoms with Crippen molar-refractivity contribution in [3.63, 3.8) is 0 Å². The van der Waals surface area contributed by atoms with Crippen LogP contribution in [-0.4, -0.2) is 25.0 Å². The number of hydrogen-bond donors (Lipinski definition) is 0. The minimum Gasteiger partial charge on any atom is -0.306 e. The molecule has 0 aromatic heterocycles. The van der Waals surface area contributed by atoms with E-state index in [1.807, 2.05) is 0 Å². The Labute approximate surface area is 63.4 Å². The van der Waals surface area contributed by atoms with Gasteiger partial charge >= 0.3 is 0 Å². The van der Waals surface area contributed by atoms with Crippen molar-refractivity contribution in [2.24, 2.45) is 11.8 Å². The monoisotopic (exact) mass is 139 g/mol. The van der Waals surface area contributed by atoms with Crippen LogP contribution in [-0.2, 0) is 0 Å². The van der Waals surface area contributed by atoms with Crippen LogP contribution >= 0.6 is 0 Å². The van der Waals surface area contributed by atoms with Crippen molar-refractivity contribution < 1.29 is 0 Å². The molecule has 2 saturated carbocycles. The smallest absolute Gasteiger partial charge is 0.0120 e. The first-order chi connectivity index (χ1) is 4.77. The van der Waals surface area contributed by atoms with Crippen molar-refractivity contribution in [3.8, 4) is 0 Å². The second kappa shape index (κ2) is 2.23. The number of rotatable bonds is 1. The molecule has 1 nitrogen and oxygen atoms in total. The highest BCUT2D eigenvalue weighted by atomic mass is 15.1. The van der Waals surface area contributed by atoms with E-state index in [1.165, 1.54) is 25.7 Å². The fourth-order valence-corrected chi connectivity index (χ4v) is 2.84. The fraction of sp³-hybridized carbons (Fsp3) is 1.00. The summed E-state index contributed by atoms with van der Waals surface area (Å²) < 4.78 is 0. The van der Waals surface area contributed by atoms with Crippen molar-refractivity contribution in [1.82, 2.24) is 4.90 Å². The quantitative estimate of drug-likeness (QED) is 0.535. The maximum absolute atomic E-state index is 2.42. The van der Waals surface area contributed by atoms with Crippen LogP contribution in [0.4, 0.5) is 0 Å². The summed E-state index contributed by atoms with van der Waals surface area (Å²) in [6.45, 7) is 0. The zero-order chi connectivity index (χ0) is 7.14. The molecule has 0 saturated heterocycles. The van der Waals surface area contributed by atoms with Crippen molar-refractivity contribution >= 4 is 0 Å². The highest BCUT2D eigenvalue weighted by molar-refractivity contribution is 4.93. The molecule has 1 heteroatoms. The molecular formula is C9H17N. The summed E-state index contributed by atoms with van der Waals surface area (Å²) in [6, 6.07) is 0.929. The molecule has 2 bridgehead atoms. The number of fused-ring (bicyclic) bond motifs is 2. The van der Waals surface area contributed by atoms with Gasteiger partial charge in [-0.1, -0.05) is 6.42 Å². The number of nitrogens with zero attached hydrogens (tertiary/aromatic N) is 1. The Morgan fingerprint density at radius 3 is 2.20 bits per heavy atom. The van der Waals surface area contributed by atoms with E-state index in [0.29, 0.717) is 0 Å². The Morgan fingerprint density at radius 2 is 1.90 bits per heavy atom. The molecule has 2 aliphatic rings. The Bertz CT molecular complexity index is 131. The van der Waals surface area contributed by atoms with E-state index in [0.717, 1.165) is 17.9 Å². The van der Waals surface area contributed by atoms with Crippen LogP contribution < -0.4 is 0 Å². The molecule has 2 aliphatic carbocycles. The summed E-state index contributed by atoms with van der Waals surface area (Å²) >= 11 is 0. The maximum atomic E-state index is 2.42. The third kappa shape index (κ3) is 0.878. The molecule has 10 heavy (non-hydrogen) atoms. The second-order valence-corrected chi connectivity index (χ2v) is 4.21. The molecule has 0 N–H and O–H groups in total. The molecule has 3 atom stereocenters. The fourth-order valence-electron chi connectivity index (χ4n) is 2.84. The summed E-state index contributed by atoms with van der Waals surface area (Å²) in [5, 5.41) is 0. The van der Waals surface area contributed by atoms with Crippen LogP contribution in [0.25, 0.3) is 0 Å². The summed E-state index contributed by atoms with van der Waals surface area (Å²) in [6.07, 6.45) is 6.04. The molecule has 58 valence electrons. The van der Waals surface area contributed by atoms with Gasteiger partial charge in [0.25, 0.3) is 0 Å². The first kappa shape index (κ1) is 6.66. The first-order valence-corrected chi connectivity index (χ1v) is 4.44. The first-order valence-electron chi connectivity index (χ1n) is 4.44. The molecule has 3 unspecified atom stereocenters. The average molecular weight is 139 g/mol. The SMILES string of the molecule is CN(C)C1CC2CCC1C2. The molecule has 0 aromatic carbocycles. The summed E-state index contributed by atoms with van der Waals surface area (Å²) in [4.78, 5) is 2.42. The van der Waals surface area contributed by atoms with Gasteiger partial charge in [0.1, 0.15) is 0 Å². The zero-order valence-electron chi connectivity index (χ0n) is 7.01. The van der Waals surface area contributed by atoms with Gasteiger partial charge in [-0.2, -0.15) is 0 Å². The Kier molecular flexibility index (Phi) is 1.48. The molecule has 0 spiro atoms. The lowest BCUT2D eigenvalue weighted by Crippen LogP contribution is -2.32. The highest BCUT2D eigenvalue weighted by Crippen LogP contribution is 2.45. The lowest BCUT2D eigenvalue weighted by Gasteiger charge is -2.27. The zero-order valence-corrected chi connectivity index (χ0v) is 7.01. The summed E-state index contributed by atoms with van der Waals surface area (Å²) in [5.74, 6) is 2.15. The Hall–Kier alpha value is -0.0400. The Balaban J connectivity index is 2.02. The normalized spacial score (nSPS) is 45.3. The van der Waals surface area contributed by atoms with Crippen LogP contribution in [0, 0.1) is 11.8 Å². The van der Waals surface area contributed by atoms with Gasteiger partial charge in [0.05, 0.1) is 0 Å². The van der Waals surface area contributed by atoms with Crippen LogP contribution in [0.15, 0.2) is 0 Å². The third-order valence-corrected chi connectivity index (χ3v) is 3.36. The van der Waals surface area contributed by atoms with Crippen molar-refractivity contribution in [3.05, 3.63) is 0 Å².